The summed E-state index contributed by atoms with van der Waals surface area (Å²) in [5.41, 5.74) is 7.60. The zero-order valence-electron chi connectivity index (χ0n) is 12.5. The van der Waals surface area contributed by atoms with Crippen LogP contribution in [-0.4, -0.2) is 18.6 Å². The second-order valence-electron chi connectivity index (χ2n) is 6.08. The molecule has 1 heterocycles. The van der Waals surface area contributed by atoms with E-state index in [-0.39, 0.29) is 5.82 Å². The lowest BCUT2D eigenvalue weighted by Gasteiger charge is -2.29. The summed E-state index contributed by atoms with van der Waals surface area (Å²) in [5.74, 6) is 0.372. The summed E-state index contributed by atoms with van der Waals surface area (Å²) >= 11 is 0. The number of fused-ring (bicyclic) bond motifs is 1. The molecule has 4 heteroatoms. The Hall–Kier alpha value is -1.84. The van der Waals surface area contributed by atoms with Gasteiger partial charge >= 0.3 is 0 Å². The van der Waals surface area contributed by atoms with E-state index in [4.69, 9.17) is 5.73 Å². The first-order valence-corrected chi connectivity index (χ1v) is 7.70. The van der Waals surface area contributed by atoms with Crippen LogP contribution in [0.25, 0.3) is 10.9 Å². The van der Waals surface area contributed by atoms with Crippen molar-refractivity contribution >= 4 is 22.3 Å². The fraction of sp³-hybridized carbons (Fsp3) is 0.471. The molecule has 0 aliphatic heterocycles. The monoisotopic (exact) mass is 287 g/mol. The Balaban J connectivity index is 1.95. The van der Waals surface area contributed by atoms with E-state index < -0.39 is 0 Å². The third-order valence-corrected chi connectivity index (χ3v) is 4.49. The third-order valence-electron chi connectivity index (χ3n) is 4.49. The summed E-state index contributed by atoms with van der Waals surface area (Å²) in [7, 11) is 1.96. The number of aromatic nitrogens is 1. The zero-order valence-corrected chi connectivity index (χ0v) is 12.5. The van der Waals surface area contributed by atoms with Crippen molar-refractivity contribution in [1.29, 1.82) is 0 Å². The largest absolute Gasteiger partial charge is 0.398 e. The van der Waals surface area contributed by atoms with Crippen molar-refractivity contribution in [3.05, 3.63) is 30.2 Å². The van der Waals surface area contributed by atoms with Crippen LogP contribution in [0.15, 0.2) is 24.4 Å². The molecule has 1 saturated carbocycles. The van der Waals surface area contributed by atoms with Crippen molar-refractivity contribution in [2.45, 2.75) is 32.1 Å². The van der Waals surface area contributed by atoms with E-state index in [0.717, 1.165) is 11.9 Å². The minimum atomic E-state index is -0.281. The van der Waals surface area contributed by atoms with E-state index in [9.17, 15) is 4.39 Å². The van der Waals surface area contributed by atoms with E-state index >= 15 is 0 Å². The highest BCUT2D eigenvalue weighted by atomic mass is 19.1. The first-order chi connectivity index (χ1) is 10.2. The van der Waals surface area contributed by atoms with Gasteiger partial charge in [0.25, 0.3) is 0 Å². The van der Waals surface area contributed by atoms with E-state index in [1.807, 2.05) is 24.1 Å². The van der Waals surface area contributed by atoms with Gasteiger partial charge in [0.15, 0.2) is 5.82 Å². The van der Waals surface area contributed by atoms with E-state index in [2.05, 4.69) is 4.98 Å². The van der Waals surface area contributed by atoms with Crippen LogP contribution in [0.2, 0.25) is 0 Å². The zero-order chi connectivity index (χ0) is 14.8. The molecular weight excluding hydrogens is 265 g/mol. The van der Waals surface area contributed by atoms with E-state index in [1.165, 1.54) is 38.2 Å². The summed E-state index contributed by atoms with van der Waals surface area (Å²) in [5, 5.41) is 0.824. The molecule has 0 unspecified atom stereocenters. The lowest BCUT2D eigenvalue weighted by atomic mass is 9.89. The number of rotatable bonds is 3. The quantitative estimate of drug-likeness (QED) is 0.868. The molecule has 112 valence electrons. The number of pyridine rings is 1. The molecule has 3 nitrogen and oxygen atoms in total. The van der Waals surface area contributed by atoms with Crippen molar-refractivity contribution in [2.75, 3.05) is 24.2 Å². The molecule has 0 radical (unpaired) electrons. The second-order valence-corrected chi connectivity index (χ2v) is 6.08. The number of hydrogen-bond acceptors (Lipinski definition) is 3. The van der Waals surface area contributed by atoms with Gasteiger partial charge in [-0.25, -0.2) is 4.39 Å². The second kappa shape index (κ2) is 5.88. The highest BCUT2D eigenvalue weighted by molar-refractivity contribution is 5.98. The van der Waals surface area contributed by atoms with Crippen LogP contribution >= 0.6 is 0 Å². The molecule has 0 bridgehead atoms. The Morgan fingerprint density at radius 2 is 2.10 bits per heavy atom. The molecule has 1 aliphatic rings. The van der Waals surface area contributed by atoms with E-state index in [1.54, 1.807) is 6.20 Å². The Kier molecular flexibility index (Phi) is 3.95. The SMILES string of the molecule is CN(CC1CCCCC1)c1c(F)cc(N)c2cccnc12. The highest BCUT2D eigenvalue weighted by Crippen LogP contribution is 2.33. The Morgan fingerprint density at radius 1 is 1.33 bits per heavy atom. The number of nitrogens with zero attached hydrogens (tertiary/aromatic N) is 2. The predicted molar refractivity (Wildman–Crippen MR) is 86.0 cm³/mol. The molecule has 1 aromatic heterocycles. The minimum absolute atomic E-state index is 0.281. The maximum atomic E-state index is 14.4. The molecule has 0 atom stereocenters. The lowest BCUT2D eigenvalue weighted by molar-refractivity contribution is 0.361. The van der Waals surface area contributed by atoms with Crippen LogP contribution < -0.4 is 10.6 Å². The first kappa shape index (κ1) is 14.1. The van der Waals surface area contributed by atoms with Gasteiger partial charge in [0.05, 0.1) is 11.2 Å². The number of benzene rings is 1. The van der Waals surface area contributed by atoms with Crippen molar-refractivity contribution < 1.29 is 4.39 Å². The van der Waals surface area contributed by atoms with Crippen molar-refractivity contribution in [1.82, 2.24) is 4.98 Å². The highest BCUT2D eigenvalue weighted by Gasteiger charge is 2.20. The maximum Gasteiger partial charge on any atom is 0.150 e. The summed E-state index contributed by atoms with van der Waals surface area (Å²) in [6.45, 7) is 0.881. The van der Waals surface area contributed by atoms with E-state index in [0.29, 0.717) is 22.8 Å². The lowest BCUT2D eigenvalue weighted by Crippen LogP contribution is -2.28. The smallest absolute Gasteiger partial charge is 0.150 e. The number of nitrogens with two attached hydrogens (primary N) is 1. The summed E-state index contributed by atoms with van der Waals surface area (Å²) in [6, 6.07) is 5.15. The van der Waals surface area contributed by atoms with Gasteiger partial charge in [0, 0.05) is 30.9 Å². The van der Waals surface area contributed by atoms with Crippen LogP contribution in [0, 0.1) is 11.7 Å². The normalized spacial score (nSPS) is 16.3. The first-order valence-electron chi connectivity index (χ1n) is 7.70. The van der Waals surface area contributed by atoms with Gasteiger partial charge < -0.3 is 10.6 Å². The third kappa shape index (κ3) is 2.80. The molecule has 2 N–H and O–H groups in total. The Bertz CT molecular complexity index is 635. The predicted octanol–water partition coefficient (Wildman–Crippen LogP) is 3.97. The molecular formula is C17H22FN3. The number of anilines is 2. The van der Waals surface area contributed by atoms with Crippen molar-refractivity contribution in [2.24, 2.45) is 5.92 Å². The average molecular weight is 287 g/mol. The van der Waals surface area contributed by atoms with Crippen molar-refractivity contribution in [3.63, 3.8) is 0 Å². The van der Waals surface area contributed by atoms with Crippen LogP contribution in [0.3, 0.4) is 0 Å². The summed E-state index contributed by atoms with van der Waals surface area (Å²) in [4.78, 5) is 6.37. The molecule has 3 rings (SSSR count). The minimum Gasteiger partial charge on any atom is -0.398 e. The summed E-state index contributed by atoms with van der Waals surface area (Å²) in [6.07, 6.45) is 8.10. The molecule has 0 spiro atoms. The fourth-order valence-electron chi connectivity index (χ4n) is 3.43. The van der Waals surface area contributed by atoms with Gasteiger partial charge in [-0.05, 0) is 37.0 Å². The molecule has 2 aromatic rings. The van der Waals surface area contributed by atoms with Gasteiger partial charge in [0.2, 0.25) is 0 Å². The topological polar surface area (TPSA) is 42.1 Å². The molecule has 1 fully saturated rings. The average Bonchev–Trinajstić information content (AvgIpc) is 2.48. The Labute approximate surface area is 125 Å². The van der Waals surface area contributed by atoms with Crippen LogP contribution in [0.4, 0.5) is 15.8 Å². The maximum absolute atomic E-state index is 14.4. The molecule has 1 aromatic carbocycles. The standard InChI is InChI=1S/C17H22FN3/c1-21(11-12-6-3-2-4-7-12)17-14(18)10-15(19)13-8-5-9-20-16(13)17/h5,8-10,12H,2-4,6-7,11,19H2,1H3. The van der Waals surface area contributed by atoms with Gasteiger partial charge in [-0.3, -0.25) is 4.98 Å². The van der Waals surface area contributed by atoms with Crippen LogP contribution in [-0.2, 0) is 0 Å². The Morgan fingerprint density at radius 3 is 2.86 bits per heavy atom. The molecule has 21 heavy (non-hydrogen) atoms. The molecule has 0 amide bonds. The molecule has 1 aliphatic carbocycles. The molecule has 0 saturated heterocycles. The van der Waals surface area contributed by atoms with Crippen LogP contribution in [0.5, 0.6) is 0 Å². The van der Waals surface area contributed by atoms with Gasteiger partial charge in [-0.2, -0.15) is 0 Å². The van der Waals surface area contributed by atoms with Gasteiger partial charge in [-0.15, -0.1) is 0 Å². The fourth-order valence-corrected chi connectivity index (χ4v) is 3.43. The summed E-state index contributed by atoms with van der Waals surface area (Å²) < 4.78 is 14.4. The number of hydrogen-bond donors (Lipinski definition) is 1. The van der Waals surface area contributed by atoms with Crippen molar-refractivity contribution in [3.8, 4) is 0 Å². The van der Waals surface area contributed by atoms with Crippen LogP contribution in [0.1, 0.15) is 32.1 Å². The van der Waals surface area contributed by atoms with Gasteiger partial charge in [-0.1, -0.05) is 19.3 Å². The number of nitrogen functional groups attached to an aromatic ring is 1. The van der Waals surface area contributed by atoms with Gasteiger partial charge in [0.1, 0.15) is 0 Å². The number of halogens is 1.